The number of aromatic amines is 1. The Hall–Kier alpha value is -2.48. The lowest BCUT2D eigenvalue weighted by Crippen LogP contribution is -2.39. The summed E-state index contributed by atoms with van der Waals surface area (Å²) in [6.45, 7) is 3.49. The van der Waals surface area contributed by atoms with Crippen molar-refractivity contribution in [1.29, 1.82) is 0 Å². The van der Waals surface area contributed by atoms with E-state index in [0.717, 1.165) is 17.1 Å². The molecular weight excluding hydrogens is 430 g/mol. The van der Waals surface area contributed by atoms with Crippen molar-refractivity contribution in [3.8, 4) is 11.4 Å². The average Bonchev–Trinajstić information content (AvgIpc) is 2.76. The molecule has 4 rings (SSSR count). The lowest BCUT2D eigenvalue weighted by Gasteiger charge is -2.34. The van der Waals surface area contributed by atoms with Gasteiger partial charge in [-0.25, -0.2) is 14.4 Å². The van der Waals surface area contributed by atoms with Crippen molar-refractivity contribution in [3.05, 3.63) is 74.0 Å². The van der Waals surface area contributed by atoms with Gasteiger partial charge in [0.15, 0.2) is 0 Å². The highest BCUT2D eigenvalue weighted by molar-refractivity contribution is 6.35. The fraction of sp³-hybridized carbons (Fsp3) is 0.286. The predicted molar refractivity (Wildman–Crippen MR) is 115 cm³/mol. The number of morpholine rings is 1. The minimum absolute atomic E-state index is 0.0209. The zero-order valence-electron chi connectivity index (χ0n) is 16.2. The highest BCUT2D eigenvalue weighted by Crippen LogP contribution is 2.33. The number of hydrogen-bond acceptors (Lipinski definition) is 5. The van der Waals surface area contributed by atoms with Gasteiger partial charge in [0.25, 0.3) is 5.56 Å². The topological polar surface area (TPSA) is 71.1 Å². The normalized spacial score (nSPS) is 16.7. The van der Waals surface area contributed by atoms with Gasteiger partial charge in [0.05, 0.1) is 11.6 Å². The van der Waals surface area contributed by atoms with E-state index in [1.807, 2.05) is 24.0 Å². The van der Waals surface area contributed by atoms with Crippen LogP contribution in [0.5, 0.6) is 0 Å². The first kappa shape index (κ1) is 20.8. The molecule has 0 amide bonds. The first-order valence-electron chi connectivity index (χ1n) is 9.52. The molecule has 1 aliphatic heterocycles. The maximum atomic E-state index is 13.9. The summed E-state index contributed by atoms with van der Waals surface area (Å²) in [5.41, 5.74) is 1.81. The monoisotopic (exact) mass is 448 g/mol. The van der Waals surface area contributed by atoms with Crippen LogP contribution in [0.15, 0.2) is 41.3 Å². The fourth-order valence-corrected chi connectivity index (χ4v) is 3.87. The Bertz CT molecular complexity index is 1120. The van der Waals surface area contributed by atoms with Gasteiger partial charge < -0.3 is 14.6 Å². The zero-order chi connectivity index (χ0) is 21.3. The highest BCUT2D eigenvalue weighted by Gasteiger charge is 2.26. The van der Waals surface area contributed by atoms with E-state index >= 15 is 0 Å². The molecule has 1 aromatic carbocycles. The van der Waals surface area contributed by atoms with Crippen LogP contribution in [-0.4, -0.2) is 34.6 Å². The second-order valence-electron chi connectivity index (χ2n) is 6.94. The van der Waals surface area contributed by atoms with Gasteiger partial charge in [-0.3, -0.25) is 4.79 Å². The Balaban J connectivity index is 1.55. The first-order valence-corrected chi connectivity index (χ1v) is 10.3. The van der Waals surface area contributed by atoms with Crippen LogP contribution in [0, 0.1) is 5.82 Å². The van der Waals surface area contributed by atoms with Gasteiger partial charge in [-0.2, -0.15) is 0 Å². The molecule has 3 aromatic rings. The van der Waals surface area contributed by atoms with E-state index in [-0.39, 0.29) is 10.6 Å². The largest absolute Gasteiger partial charge is 0.370 e. The molecule has 6 nitrogen and oxygen atoms in total. The van der Waals surface area contributed by atoms with Crippen molar-refractivity contribution in [1.82, 2.24) is 15.0 Å². The van der Waals surface area contributed by atoms with Crippen LogP contribution in [-0.2, 0) is 11.2 Å². The lowest BCUT2D eigenvalue weighted by atomic mass is 10.1. The number of anilines is 1. The van der Waals surface area contributed by atoms with Crippen molar-refractivity contribution >= 4 is 29.0 Å². The van der Waals surface area contributed by atoms with E-state index in [1.165, 1.54) is 18.2 Å². The Morgan fingerprint density at radius 1 is 1.27 bits per heavy atom. The molecule has 1 atom stereocenters. The van der Waals surface area contributed by atoms with Crippen LogP contribution in [0.25, 0.3) is 11.4 Å². The van der Waals surface area contributed by atoms with Gasteiger partial charge in [0.1, 0.15) is 23.6 Å². The fourth-order valence-electron chi connectivity index (χ4n) is 3.37. The van der Waals surface area contributed by atoms with E-state index in [4.69, 9.17) is 27.9 Å². The minimum atomic E-state index is -0.532. The minimum Gasteiger partial charge on any atom is -0.370 e. The molecule has 1 N–H and O–H groups in total. The lowest BCUT2D eigenvalue weighted by molar-refractivity contribution is 0.0394. The van der Waals surface area contributed by atoms with Crippen molar-refractivity contribution in [3.63, 3.8) is 0 Å². The third-order valence-electron chi connectivity index (χ3n) is 4.96. The molecular formula is C21H19Cl2FN4O2. The first-order chi connectivity index (χ1) is 14.4. The van der Waals surface area contributed by atoms with E-state index in [2.05, 4.69) is 15.0 Å². The summed E-state index contributed by atoms with van der Waals surface area (Å²) in [7, 11) is 0. The molecule has 0 spiro atoms. The van der Waals surface area contributed by atoms with Crippen LogP contribution in [0.2, 0.25) is 10.0 Å². The Labute approximate surface area is 182 Å². The third-order valence-corrected chi connectivity index (χ3v) is 5.57. The molecule has 3 heterocycles. The van der Waals surface area contributed by atoms with Crippen molar-refractivity contribution in [2.24, 2.45) is 0 Å². The number of nitrogens with zero attached hydrogens (tertiary/aromatic N) is 3. The summed E-state index contributed by atoms with van der Waals surface area (Å²) in [6.07, 6.45) is 1.94. The molecule has 30 heavy (non-hydrogen) atoms. The van der Waals surface area contributed by atoms with Crippen LogP contribution in [0.1, 0.15) is 24.3 Å². The van der Waals surface area contributed by atoms with Gasteiger partial charge in [-0.05, 0) is 30.7 Å². The van der Waals surface area contributed by atoms with Crippen LogP contribution < -0.4 is 10.5 Å². The number of nitrogens with one attached hydrogen (secondary N) is 1. The van der Waals surface area contributed by atoms with E-state index in [9.17, 15) is 9.18 Å². The molecule has 1 saturated heterocycles. The number of aryl methyl sites for hydroxylation is 1. The van der Waals surface area contributed by atoms with Gasteiger partial charge in [-0.1, -0.05) is 30.1 Å². The van der Waals surface area contributed by atoms with Gasteiger partial charge in [0.2, 0.25) is 0 Å². The second kappa shape index (κ2) is 8.71. The second-order valence-corrected chi connectivity index (χ2v) is 7.75. The van der Waals surface area contributed by atoms with Gasteiger partial charge >= 0.3 is 0 Å². The molecule has 1 fully saturated rings. The molecule has 156 valence electrons. The number of benzene rings is 1. The summed E-state index contributed by atoms with van der Waals surface area (Å²) < 4.78 is 19.7. The third kappa shape index (κ3) is 4.33. The zero-order valence-corrected chi connectivity index (χ0v) is 17.7. The molecule has 0 radical (unpaired) electrons. The molecule has 2 aromatic heterocycles. The van der Waals surface area contributed by atoms with E-state index in [1.54, 1.807) is 6.20 Å². The van der Waals surface area contributed by atoms with Crippen molar-refractivity contribution < 1.29 is 9.13 Å². The Morgan fingerprint density at radius 2 is 2.10 bits per heavy atom. The summed E-state index contributed by atoms with van der Waals surface area (Å²) >= 11 is 12.0. The number of hydrogen-bond donors (Lipinski definition) is 1. The van der Waals surface area contributed by atoms with Crippen LogP contribution >= 0.6 is 23.2 Å². The number of aromatic nitrogens is 3. The Morgan fingerprint density at radius 3 is 2.83 bits per heavy atom. The molecule has 0 saturated carbocycles. The van der Waals surface area contributed by atoms with Crippen molar-refractivity contribution in [2.75, 3.05) is 24.6 Å². The Kier molecular flexibility index (Phi) is 6.04. The number of ether oxygens (including phenoxy) is 1. The predicted octanol–water partition coefficient (Wildman–Crippen LogP) is 4.42. The summed E-state index contributed by atoms with van der Waals surface area (Å²) in [4.78, 5) is 25.6. The number of pyridine rings is 1. The van der Waals surface area contributed by atoms with Crippen LogP contribution in [0.4, 0.5) is 10.2 Å². The number of rotatable bonds is 4. The smallest absolute Gasteiger partial charge is 0.251 e. The maximum absolute atomic E-state index is 13.9. The summed E-state index contributed by atoms with van der Waals surface area (Å²) in [6, 6.07) is 7.92. The quantitative estimate of drug-likeness (QED) is 0.598. The number of H-pyrrole nitrogens is 1. The standard InChI is InChI=1S/C21H19Cl2FN4O2/c1-2-13-7-20(29)27-21(26-13)12-3-4-19(25-10-12)28-5-6-30-18(11-28)14-8-17(24)16(23)9-15(14)22/h3-4,7-10,18H,2,5-6,11H2,1H3,(H,26,27,29). The molecule has 0 aliphatic carbocycles. The van der Waals surface area contributed by atoms with Crippen molar-refractivity contribution in [2.45, 2.75) is 19.4 Å². The highest BCUT2D eigenvalue weighted by atomic mass is 35.5. The van der Waals surface area contributed by atoms with Crippen LogP contribution in [0.3, 0.4) is 0 Å². The summed E-state index contributed by atoms with van der Waals surface area (Å²) in [5, 5.41) is 0.342. The average molecular weight is 449 g/mol. The van der Waals surface area contributed by atoms with E-state index in [0.29, 0.717) is 42.5 Å². The molecule has 9 heteroatoms. The molecule has 1 unspecified atom stereocenters. The van der Waals surface area contributed by atoms with Gasteiger partial charge in [-0.15, -0.1) is 0 Å². The summed E-state index contributed by atoms with van der Waals surface area (Å²) in [5.74, 6) is 0.698. The molecule has 0 bridgehead atoms. The number of halogens is 3. The molecule has 1 aliphatic rings. The SMILES string of the molecule is CCc1cc(=O)[nH]c(-c2ccc(N3CCOC(c4cc(F)c(Cl)cc4Cl)C3)nc2)n1. The van der Waals surface area contributed by atoms with E-state index < -0.39 is 11.9 Å². The van der Waals surface area contributed by atoms with Gasteiger partial charge in [0, 0.05) is 47.2 Å². The maximum Gasteiger partial charge on any atom is 0.251 e.